The standard InChI is InChI=1S/C16H19Cl2N3/c1-10-13(8-19-12-6-7-12)11(2)21(20-10)9-14-15(17)4-3-5-16(14)18/h3-5,12,19H,6-9H2,1-2H3. The van der Waals surface area contributed by atoms with Gasteiger partial charge >= 0.3 is 0 Å². The summed E-state index contributed by atoms with van der Waals surface area (Å²) in [6, 6.07) is 6.29. The zero-order valence-electron chi connectivity index (χ0n) is 12.3. The highest BCUT2D eigenvalue weighted by Gasteiger charge is 2.22. The van der Waals surface area contributed by atoms with Gasteiger partial charge in [0.05, 0.1) is 12.2 Å². The van der Waals surface area contributed by atoms with E-state index < -0.39 is 0 Å². The summed E-state index contributed by atoms with van der Waals surface area (Å²) < 4.78 is 1.99. The first-order chi connectivity index (χ1) is 10.1. The number of aromatic nitrogens is 2. The van der Waals surface area contributed by atoms with Crippen molar-refractivity contribution in [3.8, 4) is 0 Å². The van der Waals surface area contributed by atoms with Crippen LogP contribution in [0.25, 0.3) is 0 Å². The SMILES string of the molecule is Cc1nn(Cc2c(Cl)cccc2Cl)c(C)c1CNC1CC1. The van der Waals surface area contributed by atoms with Crippen molar-refractivity contribution in [2.75, 3.05) is 0 Å². The van der Waals surface area contributed by atoms with Crippen LogP contribution in [0.5, 0.6) is 0 Å². The molecule has 2 aromatic rings. The van der Waals surface area contributed by atoms with Gasteiger partial charge in [0.25, 0.3) is 0 Å². The summed E-state index contributed by atoms with van der Waals surface area (Å²) in [6.45, 7) is 5.66. The van der Waals surface area contributed by atoms with Crippen molar-refractivity contribution < 1.29 is 0 Å². The summed E-state index contributed by atoms with van der Waals surface area (Å²) in [4.78, 5) is 0. The summed E-state index contributed by atoms with van der Waals surface area (Å²) in [7, 11) is 0. The first-order valence-corrected chi connectivity index (χ1v) is 8.01. The van der Waals surface area contributed by atoms with Crippen LogP contribution in [0, 0.1) is 13.8 Å². The molecule has 21 heavy (non-hydrogen) atoms. The van der Waals surface area contributed by atoms with Crippen molar-refractivity contribution in [3.05, 3.63) is 50.8 Å². The van der Waals surface area contributed by atoms with Gasteiger partial charge in [0, 0.05) is 39.5 Å². The largest absolute Gasteiger partial charge is 0.310 e. The summed E-state index contributed by atoms with van der Waals surface area (Å²) in [5, 5.41) is 9.57. The molecule has 1 saturated carbocycles. The molecule has 1 heterocycles. The van der Waals surface area contributed by atoms with Crippen LogP contribution < -0.4 is 5.32 Å². The highest BCUT2D eigenvalue weighted by Crippen LogP contribution is 2.26. The summed E-state index contributed by atoms with van der Waals surface area (Å²) in [6.07, 6.45) is 2.59. The first-order valence-electron chi connectivity index (χ1n) is 7.25. The van der Waals surface area contributed by atoms with E-state index >= 15 is 0 Å². The van der Waals surface area contributed by atoms with E-state index in [9.17, 15) is 0 Å². The minimum Gasteiger partial charge on any atom is -0.310 e. The zero-order chi connectivity index (χ0) is 15.0. The van der Waals surface area contributed by atoms with Crippen molar-refractivity contribution >= 4 is 23.2 Å². The molecule has 5 heteroatoms. The molecule has 0 bridgehead atoms. The fourth-order valence-electron chi connectivity index (χ4n) is 2.51. The average molecular weight is 324 g/mol. The second kappa shape index (κ2) is 5.99. The van der Waals surface area contributed by atoms with Crippen molar-refractivity contribution in [2.24, 2.45) is 0 Å². The Bertz CT molecular complexity index is 640. The summed E-state index contributed by atoms with van der Waals surface area (Å²) in [5.41, 5.74) is 4.46. The number of nitrogens with zero attached hydrogens (tertiary/aromatic N) is 2. The lowest BCUT2D eigenvalue weighted by Gasteiger charge is -2.09. The van der Waals surface area contributed by atoms with E-state index in [2.05, 4.69) is 24.3 Å². The number of halogens is 2. The van der Waals surface area contributed by atoms with E-state index in [-0.39, 0.29) is 0 Å². The third-order valence-electron chi connectivity index (χ3n) is 4.05. The Morgan fingerprint density at radius 2 is 1.86 bits per heavy atom. The van der Waals surface area contributed by atoms with Crippen LogP contribution in [0.1, 0.15) is 35.4 Å². The number of hydrogen-bond acceptors (Lipinski definition) is 2. The Morgan fingerprint density at radius 3 is 2.48 bits per heavy atom. The average Bonchev–Trinajstić information content (AvgIpc) is 3.21. The lowest BCUT2D eigenvalue weighted by Crippen LogP contribution is -2.16. The van der Waals surface area contributed by atoms with Crippen molar-refractivity contribution in [3.63, 3.8) is 0 Å². The molecule has 1 aliphatic carbocycles. The Balaban J connectivity index is 1.83. The molecule has 0 saturated heterocycles. The number of nitrogens with one attached hydrogen (secondary N) is 1. The molecule has 3 rings (SSSR count). The molecular formula is C16H19Cl2N3. The third kappa shape index (κ3) is 3.25. The maximum absolute atomic E-state index is 6.25. The zero-order valence-corrected chi connectivity index (χ0v) is 13.8. The van der Waals surface area contributed by atoms with Gasteiger partial charge in [-0.15, -0.1) is 0 Å². The normalized spacial score (nSPS) is 14.7. The Kier molecular flexibility index (Phi) is 4.25. The van der Waals surface area contributed by atoms with Gasteiger partial charge in [-0.3, -0.25) is 4.68 Å². The molecule has 0 radical (unpaired) electrons. The summed E-state index contributed by atoms with van der Waals surface area (Å²) in [5.74, 6) is 0. The molecule has 112 valence electrons. The predicted octanol–water partition coefficient (Wildman–Crippen LogP) is 4.11. The number of benzene rings is 1. The van der Waals surface area contributed by atoms with Gasteiger partial charge in [0.2, 0.25) is 0 Å². The summed E-state index contributed by atoms with van der Waals surface area (Å²) >= 11 is 12.5. The molecule has 1 aromatic carbocycles. The molecule has 0 atom stereocenters. The van der Waals surface area contributed by atoms with E-state index in [1.807, 2.05) is 22.9 Å². The fraction of sp³-hybridized carbons (Fsp3) is 0.438. The quantitative estimate of drug-likeness (QED) is 0.897. The second-order valence-electron chi connectivity index (χ2n) is 5.66. The van der Waals surface area contributed by atoms with Gasteiger partial charge in [-0.05, 0) is 38.8 Å². The van der Waals surface area contributed by atoms with Crippen molar-refractivity contribution in [2.45, 2.75) is 45.8 Å². The van der Waals surface area contributed by atoms with E-state index in [4.69, 9.17) is 23.2 Å². The minimum atomic E-state index is 0.606. The molecule has 3 nitrogen and oxygen atoms in total. The lowest BCUT2D eigenvalue weighted by atomic mass is 10.2. The van der Waals surface area contributed by atoms with Gasteiger partial charge in [-0.1, -0.05) is 29.3 Å². The maximum Gasteiger partial charge on any atom is 0.0692 e. The van der Waals surface area contributed by atoms with E-state index in [0.717, 1.165) is 17.8 Å². The topological polar surface area (TPSA) is 29.9 Å². The maximum atomic E-state index is 6.25. The highest BCUT2D eigenvalue weighted by molar-refractivity contribution is 6.35. The van der Waals surface area contributed by atoms with Gasteiger partial charge in [0.1, 0.15) is 0 Å². The number of hydrogen-bond donors (Lipinski definition) is 1. The van der Waals surface area contributed by atoms with Gasteiger partial charge < -0.3 is 5.32 Å². The Morgan fingerprint density at radius 1 is 1.19 bits per heavy atom. The number of rotatable bonds is 5. The molecule has 0 spiro atoms. The van der Waals surface area contributed by atoms with Crippen LogP contribution in [0.3, 0.4) is 0 Å². The van der Waals surface area contributed by atoms with Gasteiger partial charge in [-0.25, -0.2) is 0 Å². The minimum absolute atomic E-state index is 0.606. The van der Waals surface area contributed by atoms with Gasteiger partial charge in [0.15, 0.2) is 0 Å². The second-order valence-corrected chi connectivity index (χ2v) is 6.48. The number of aryl methyl sites for hydroxylation is 1. The van der Waals surface area contributed by atoms with E-state index in [0.29, 0.717) is 22.6 Å². The van der Waals surface area contributed by atoms with Crippen molar-refractivity contribution in [1.29, 1.82) is 0 Å². The van der Waals surface area contributed by atoms with Crippen LogP contribution in [-0.4, -0.2) is 15.8 Å². The Labute approximate surface area is 135 Å². The van der Waals surface area contributed by atoms with Crippen LogP contribution in [0.4, 0.5) is 0 Å². The van der Waals surface area contributed by atoms with Crippen LogP contribution in [0.2, 0.25) is 10.0 Å². The van der Waals surface area contributed by atoms with Crippen LogP contribution in [0.15, 0.2) is 18.2 Å². The van der Waals surface area contributed by atoms with E-state index in [1.165, 1.54) is 24.1 Å². The van der Waals surface area contributed by atoms with Gasteiger partial charge in [-0.2, -0.15) is 5.10 Å². The Hall–Kier alpha value is -1.03. The van der Waals surface area contributed by atoms with Crippen LogP contribution >= 0.6 is 23.2 Å². The monoisotopic (exact) mass is 323 g/mol. The molecule has 0 amide bonds. The molecule has 1 fully saturated rings. The molecular weight excluding hydrogens is 305 g/mol. The highest BCUT2D eigenvalue weighted by atomic mass is 35.5. The molecule has 0 unspecified atom stereocenters. The smallest absolute Gasteiger partial charge is 0.0692 e. The van der Waals surface area contributed by atoms with E-state index in [1.54, 1.807) is 0 Å². The van der Waals surface area contributed by atoms with Crippen molar-refractivity contribution in [1.82, 2.24) is 15.1 Å². The molecule has 0 aliphatic heterocycles. The predicted molar refractivity (Wildman–Crippen MR) is 87.1 cm³/mol. The molecule has 1 aromatic heterocycles. The fourth-order valence-corrected chi connectivity index (χ4v) is 3.03. The first kappa shape index (κ1) is 14.9. The lowest BCUT2D eigenvalue weighted by molar-refractivity contribution is 0.652. The molecule has 1 N–H and O–H groups in total. The molecule has 1 aliphatic rings. The third-order valence-corrected chi connectivity index (χ3v) is 4.75. The van der Waals surface area contributed by atoms with Crippen LogP contribution in [-0.2, 0) is 13.1 Å².